The fourth-order valence-corrected chi connectivity index (χ4v) is 2.86. The van der Waals surface area contributed by atoms with Gasteiger partial charge in [-0.2, -0.15) is 0 Å². The van der Waals surface area contributed by atoms with Gasteiger partial charge in [0.1, 0.15) is 0 Å². The van der Waals surface area contributed by atoms with Gasteiger partial charge in [0.2, 0.25) is 0 Å². The molecule has 0 amide bonds. The largest absolute Gasteiger partial charge is 0.306 e. The van der Waals surface area contributed by atoms with Gasteiger partial charge in [-0.1, -0.05) is 48.3 Å². The zero-order valence-corrected chi connectivity index (χ0v) is 14.2. The number of hydrogen-bond donors (Lipinski definition) is 1. The molecule has 0 radical (unpaired) electrons. The zero-order valence-electron chi connectivity index (χ0n) is 12.7. The second kappa shape index (κ2) is 7.31. The smallest absolute Gasteiger partial charge is 0.0579 e. The maximum atomic E-state index is 6.30. The van der Waals surface area contributed by atoms with Crippen molar-refractivity contribution in [2.45, 2.75) is 33.2 Å². The van der Waals surface area contributed by atoms with E-state index in [2.05, 4.69) is 43.4 Å². The molecule has 0 saturated heterocycles. The van der Waals surface area contributed by atoms with Gasteiger partial charge >= 0.3 is 0 Å². The van der Waals surface area contributed by atoms with Gasteiger partial charge in [0.25, 0.3) is 0 Å². The zero-order chi connectivity index (χ0) is 15.4. The van der Waals surface area contributed by atoms with Gasteiger partial charge in [-0.3, -0.25) is 0 Å². The first kappa shape index (κ1) is 16.4. The maximum Gasteiger partial charge on any atom is 0.0579 e. The van der Waals surface area contributed by atoms with Crippen molar-refractivity contribution in [3.63, 3.8) is 0 Å². The predicted octanol–water partition coefficient (Wildman–Crippen LogP) is 5.70. The highest BCUT2D eigenvalue weighted by atomic mass is 35.5. The van der Waals surface area contributed by atoms with Gasteiger partial charge in [0.05, 0.1) is 6.04 Å². The Morgan fingerprint density at radius 3 is 2.38 bits per heavy atom. The Hall–Kier alpha value is -1.02. The summed E-state index contributed by atoms with van der Waals surface area (Å²) in [7, 11) is 0. The highest BCUT2D eigenvalue weighted by Gasteiger charge is 2.16. The molecule has 0 saturated carbocycles. The second-order valence-electron chi connectivity index (χ2n) is 5.40. The third-order valence-electron chi connectivity index (χ3n) is 3.67. The summed E-state index contributed by atoms with van der Waals surface area (Å²) in [5.74, 6) is 0. The molecule has 0 bridgehead atoms. The molecule has 0 fully saturated rings. The molecule has 1 unspecified atom stereocenters. The normalized spacial score (nSPS) is 12.4. The number of nitrogens with one attached hydrogen (secondary N) is 1. The van der Waals surface area contributed by atoms with Crippen LogP contribution < -0.4 is 5.32 Å². The van der Waals surface area contributed by atoms with Crippen LogP contribution in [0.1, 0.15) is 41.6 Å². The molecule has 1 N–H and O–H groups in total. The molecule has 3 heteroatoms. The van der Waals surface area contributed by atoms with Gasteiger partial charge < -0.3 is 5.32 Å². The Labute approximate surface area is 137 Å². The van der Waals surface area contributed by atoms with Crippen LogP contribution in [0.15, 0.2) is 36.4 Å². The van der Waals surface area contributed by atoms with E-state index in [1.807, 2.05) is 19.1 Å². The van der Waals surface area contributed by atoms with Crippen molar-refractivity contribution in [2.75, 3.05) is 6.54 Å². The summed E-state index contributed by atoms with van der Waals surface area (Å²) in [6, 6.07) is 12.5. The summed E-state index contributed by atoms with van der Waals surface area (Å²) < 4.78 is 0. The molecule has 0 aliphatic heterocycles. The SMILES string of the molecule is CCCNC(c1ccc(C)c(Cl)c1)c1ccc(Cl)cc1C. The van der Waals surface area contributed by atoms with E-state index in [0.717, 1.165) is 28.6 Å². The van der Waals surface area contributed by atoms with Crippen LogP contribution in [0.3, 0.4) is 0 Å². The van der Waals surface area contributed by atoms with E-state index in [1.165, 1.54) is 16.7 Å². The fraction of sp³-hybridized carbons (Fsp3) is 0.333. The highest BCUT2D eigenvalue weighted by molar-refractivity contribution is 6.31. The monoisotopic (exact) mass is 321 g/mol. The first-order valence-corrected chi connectivity index (χ1v) is 8.04. The molecule has 0 aliphatic rings. The third kappa shape index (κ3) is 4.00. The lowest BCUT2D eigenvalue weighted by Crippen LogP contribution is -2.24. The summed E-state index contributed by atoms with van der Waals surface area (Å²) in [6.45, 7) is 7.24. The van der Waals surface area contributed by atoms with Crippen LogP contribution in [-0.4, -0.2) is 6.54 Å². The van der Waals surface area contributed by atoms with E-state index < -0.39 is 0 Å². The van der Waals surface area contributed by atoms with Gasteiger partial charge in [-0.15, -0.1) is 0 Å². The number of benzene rings is 2. The standard InChI is InChI=1S/C18H21Cl2N/c1-4-9-21-18(14-6-5-12(2)17(20)11-14)16-8-7-15(19)10-13(16)3/h5-8,10-11,18,21H,4,9H2,1-3H3. The Morgan fingerprint density at radius 1 is 1.00 bits per heavy atom. The number of halogens is 2. The Morgan fingerprint density at radius 2 is 1.76 bits per heavy atom. The molecule has 0 heterocycles. The average molecular weight is 322 g/mol. The lowest BCUT2D eigenvalue weighted by atomic mass is 9.94. The van der Waals surface area contributed by atoms with Gasteiger partial charge in [0, 0.05) is 10.0 Å². The number of rotatable bonds is 5. The van der Waals surface area contributed by atoms with Crippen LogP contribution in [0.2, 0.25) is 10.0 Å². The molecule has 1 nitrogen and oxygen atoms in total. The van der Waals surface area contributed by atoms with Gasteiger partial charge in [-0.05, 0) is 67.3 Å². The van der Waals surface area contributed by atoms with Crippen molar-refractivity contribution in [2.24, 2.45) is 0 Å². The molecule has 2 rings (SSSR count). The topological polar surface area (TPSA) is 12.0 Å². The van der Waals surface area contributed by atoms with E-state index in [0.29, 0.717) is 0 Å². The molecule has 112 valence electrons. The lowest BCUT2D eigenvalue weighted by Gasteiger charge is -2.22. The second-order valence-corrected chi connectivity index (χ2v) is 6.24. The van der Waals surface area contributed by atoms with E-state index in [9.17, 15) is 0 Å². The van der Waals surface area contributed by atoms with Crippen LogP contribution in [0.5, 0.6) is 0 Å². The molecular weight excluding hydrogens is 301 g/mol. The van der Waals surface area contributed by atoms with Crippen LogP contribution in [0, 0.1) is 13.8 Å². The van der Waals surface area contributed by atoms with Crippen LogP contribution >= 0.6 is 23.2 Å². The van der Waals surface area contributed by atoms with Crippen molar-refractivity contribution < 1.29 is 0 Å². The van der Waals surface area contributed by atoms with Crippen molar-refractivity contribution >= 4 is 23.2 Å². The number of aryl methyl sites for hydroxylation is 2. The molecule has 21 heavy (non-hydrogen) atoms. The molecule has 0 aromatic heterocycles. The number of hydrogen-bond acceptors (Lipinski definition) is 1. The Bertz CT molecular complexity index is 623. The summed E-state index contributed by atoms with van der Waals surface area (Å²) in [4.78, 5) is 0. The molecule has 0 aliphatic carbocycles. The van der Waals surface area contributed by atoms with Crippen LogP contribution in [-0.2, 0) is 0 Å². The highest BCUT2D eigenvalue weighted by Crippen LogP contribution is 2.29. The summed E-state index contributed by atoms with van der Waals surface area (Å²) >= 11 is 12.4. The summed E-state index contributed by atoms with van der Waals surface area (Å²) in [5.41, 5.74) is 4.72. The average Bonchev–Trinajstić information content (AvgIpc) is 2.44. The molecule has 2 aromatic carbocycles. The summed E-state index contributed by atoms with van der Waals surface area (Å²) in [5, 5.41) is 5.19. The minimum atomic E-state index is 0.139. The predicted molar refractivity (Wildman–Crippen MR) is 92.5 cm³/mol. The van der Waals surface area contributed by atoms with Crippen LogP contribution in [0.25, 0.3) is 0 Å². The maximum absolute atomic E-state index is 6.30. The first-order valence-electron chi connectivity index (χ1n) is 7.28. The molecular formula is C18H21Cl2N. The molecule has 0 spiro atoms. The van der Waals surface area contributed by atoms with E-state index >= 15 is 0 Å². The lowest BCUT2D eigenvalue weighted by molar-refractivity contribution is 0.596. The van der Waals surface area contributed by atoms with Crippen molar-refractivity contribution in [1.82, 2.24) is 5.32 Å². The first-order chi connectivity index (χ1) is 10.0. The van der Waals surface area contributed by atoms with Gasteiger partial charge in [-0.25, -0.2) is 0 Å². The van der Waals surface area contributed by atoms with E-state index in [1.54, 1.807) is 0 Å². The van der Waals surface area contributed by atoms with Gasteiger partial charge in [0.15, 0.2) is 0 Å². The van der Waals surface area contributed by atoms with Crippen molar-refractivity contribution in [3.05, 3.63) is 68.7 Å². The van der Waals surface area contributed by atoms with Crippen LogP contribution in [0.4, 0.5) is 0 Å². The molecule has 2 aromatic rings. The quantitative estimate of drug-likeness (QED) is 0.744. The Kier molecular flexibility index (Phi) is 5.69. The summed E-state index contributed by atoms with van der Waals surface area (Å²) in [6.07, 6.45) is 1.09. The molecule has 1 atom stereocenters. The Balaban J connectivity index is 2.44. The third-order valence-corrected chi connectivity index (χ3v) is 4.31. The minimum Gasteiger partial charge on any atom is -0.306 e. The minimum absolute atomic E-state index is 0.139. The van der Waals surface area contributed by atoms with E-state index in [4.69, 9.17) is 23.2 Å². The van der Waals surface area contributed by atoms with E-state index in [-0.39, 0.29) is 6.04 Å². The fourth-order valence-electron chi connectivity index (χ4n) is 2.45. The van der Waals surface area contributed by atoms with Crippen molar-refractivity contribution in [1.29, 1.82) is 0 Å². The van der Waals surface area contributed by atoms with Crippen molar-refractivity contribution in [3.8, 4) is 0 Å².